The second kappa shape index (κ2) is 7.03. The van der Waals surface area contributed by atoms with Gasteiger partial charge in [0.05, 0.1) is 20.8 Å². The summed E-state index contributed by atoms with van der Waals surface area (Å²) in [6.45, 7) is 1.62. The Bertz CT molecular complexity index is 661. The number of rotatable bonds is 4. The van der Waals surface area contributed by atoms with E-state index in [-0.39, 0.29) is 10.9 Å². The van der Waals surface area contributed by atoms with Gasteiger partial charge in [-0.3, -0.25) is 4.79 Å². The fraction of sp³-hybridized carbons (Fsp3) is 0.133. The maximum Gasteiger partial charge on any atom is 0.265 e. The van der Waals surface area contributed by atoms with E-state index in [9.17, 15) is 4.79 Å². The zero-order chi connectivity index (χ0) is 15.4. The summed E-state index contributed by atoms with van der Waals surface area (Å²) in [6, 6.07) is 11.9. The molecular formula is C15H12Cl3NO2. The van der Waals surface area contributed by atoms with Crippen LogP contribution in [0.3, 0.4) is 0 Å². The molecule has 110 valence electrons. The molecule has 2 aromatic rings. The molecule has 0 aliphatic heterocycles. The van der Waals surface area contributed by atoms with Crippen LogP contribution in [0.5, 0.6) is 5.75 Å². The molecular weight excluding hydrogens is 333 g/mol. The summed E-state index contributed by atoms with van der Waals surface area (Å²) in [6.07, 6.45) is -0.736. The number of ether oxygens (including phenoxy) is 1. The van der Waals surface area contributed by atoms with Gasteiger partial charge in [0.25, 0.3) is 5.91 Å². The average molecular weight is 345 g/mol. The van der Waals surface area contributed by atoms with Gasteiger partial charge >= 0.3 is 0 Å². The predicted octanol–water partition coefficient (Wildman–Crippen LogP) is 5.05. The zero-order valence-corrected chi connectivity index (χ0v) is 13.3. The van der Waals surface area contributed by atoms with Crippen LogP contribution in [0.2, 0.25) is 15.1 Å². The van der Waals surface area contributed by atoms with Crippen LogP contribution in [-0.4, -0.2) is 12.0 Å². The van der Waals surface area contributed by atoms with Gasteiger partial charge in [-0.05, 0) is 31.2 Å². The third-order valence-corrected chi connectivity index (χ3v) is 3.85. The van der Waals surface area contributed by atoms with Gasteiger partial charge in [0.15, 0.2) is 6.10 Å². The van der Waals surface area contributed by atoms with Crippen molar-refractivity contribution in [3.05, 3.63) is 57.5 Å². The Labute approximate surface area is 137 Å². The Morgan fingerprint density at radius 1 is 1.05 bits per heavy atom. The lowest BCUT2D eigenvalue weighted by Gasteiger charge is -2.16. The van der Waals surface area contributed by atoms with E-state index < -0.39 is 6.10 Å². The molecule has 1 amide bonds. The number of hydrogen-bond donors (Lipinski definition) is 1. The van der Waals surface area contributed by atoms with Crippen LogP contribution in [0.1, 0.15) is 6.92 Å². The number of para-hydroxylation sites is 1. The topological polar surface area (TPSA) is 38.3 Å². The van der Waals surface area contributed by atoms with Gasteiger partial charge < -0.3 is 10.1 Å². The number of amides is 1. The Hall–Kier alpha value is -1.42. The molecule has 0 saturated heterocycles. The van der Waals surface area contributed by atoms with Crippen molar-refractivity contribution in [3.63, 3.8) is 0 Å². The quantitative estimate of drug-likeness (QED) is 0.842. The van der Waals surface area contributed by atoms with Crippen molar-refractivity contribution in [2.24, 2.45) is 0 Å². The number of carbonyl (C=O) groups is 1. The minimum Gasteiger partial charge on any atom is -0.479 e. The maximum atomic E-state index is 12.1. The van der Waals surface area contributed by atoms with E-state index in [4.69, 9.17) is 39.5 Å². The van der Waals surface area contributed by atoms with Crippen molar-refractivity contribution < 1.29 is 9.53 Å². The second-order valence-corrected chi connectivity index (χ2v) is 5.47. The van der Waals surface area contributed by atoms with Gasteiger partial charge in [0, 0.05) is 0 Å². The third-order valence-electron chi connectivity index (χ3n) is 2.72. The van der Waals surface area contributed by atoms with E-state index in [0.29, 0.717) is 21.5 Å². The second-order valence-electron chi connectivity index (χ2n) is 4.28. The van der Waals surface area contributed by atoms with Gasteiger partial charge in [-0.1, -0.05) is 53.0 Å². The van der Waals surface area contributed by atoms with E-state index in [0.717, 1.165) is 0 Å². The van der Waals surface area contributed by atoms with Gasteiger partial charge in [0.2, 0.25) is 0 Å². The first-order valence-electron chi connectivity index (χ1n) is 6.15. The molecule has 3 nitrogen and oxygen atoms in total. The summed E-state index contributed by atoms with van der Waals surface area (Å²) in [7, 11) is 0. The normalized spacial score (nSPS) is 11.8. The van der Waals surface area contributed by atoms with E-state index >= 15 is 0 Å². The number of anilines is 1. The van der Waals surface area contributed by atoms with Crippen molar-refractivity contribution in [2.75, 3.05) is 5.32 Å². The van der Waals surface area contributed by atoms with Crippen molar-refractivity contribution in [3.8, 4) is 5.75 Å². The van der Waals surface area contributed by atoms with E-state index in [2.05, 4.69) is 5.32 Å². The summed E-state index contributed by atoms with van der Waals surface area (Å²) in [5.41, 5.74) is 0.434. The summed E-state index contributed by atoms with van der Waals surface area (Å²) < 4.78 is 5.53. The van der Waals surface area contributed by atoms with Crippen LogP contribution in [0.15, 0.2) is 42.5 Å². The Kier molecular flexibility index (Phi) is 5.34. The molecule has 2 aromatic carbocycles. The minimum absolute atomic E-state index is 0.289. The summed E-state index contributed by atoms with van der Waals surface area (Å²) >= 11 is 17.9. The van der Waals surface area contributed by atoms with Crippen LogP contribution >= 0.6 is 34.8 Å². The molecule has 1 atom stereocenters. The minimum atomic E-state index is -0.736. The summed E-state index contributed by atoms with van der Waals surface area (Å²) in [4.78, 5) is 12.1. The molecule has 0 aliphatic rings. The van der Waals surface area contributed by atoms with Crippen molar-refractivity contribution in [2.45, 2.75) is 13.0 Å². The highest BCUT2D eigenvalue weighted by Gasteiger charge is 2.17. The largest absolute Gasteiger partial charge is 0.479 e. The number of hydrogen-bond acceptors (Lipinski definition) is 2. The smallest absolute Gasteiger partial charge is 0.265 e. The Morgan fingerprint density at radius 2 is 1.71 bits per heavy atom. The fourth-order valence-corrected chi connectivity index (χ4v) is 2.15. The van der Waals surface area contributed by atoms with Gasteiger partial charge in [0.1, 0.15) is 5.75 Å². The first-order valence-corrected chi connectivity index (χ1v) is 7.28. The zero-order valence-electron chi connectivity index (χ0n) is 11.1. The van der Waals surface area contributed by atoms with Crippen LogP contribution in [0.4, 0.5) is 5.69 Å². The molecule has 21 heavy (non-hydrogen) atoms. The lowest BCUT2D eigenvalue weighted by atomic mass is 10.3. The van der Waals surface area contributed by atoms with Crippen LogP contribution in [0.25, 0.3) is 0 Å². The number of benzene rings is 2. The van der Waals surface area contributed by atoms with E-state index in [1.165, 1.54) is 0 Å². The monoisotopic (exact) mass is 343 g/mol. The predicted molar refractivity (Wildman–Crippen MR) is 86.6 cm³/mol. The van der Waals surface area contributed by atoms with Gasteiger partial charge in [-0.25, -0.2) is 0 Å². The summed E-state index contributed by atoms with van der Waals surface area (Å²) in [5, 5.41) is 3.77. The van der Waals surface area contributed by atoms with Crippen LogP contribution in [0, 0.1) is 0 Å². The molecule has 2 rings (SSSR count). The molecule has 0 fully saturated rings. The highest BCUT2D eigenvalue weighted by atomic mass is 35.5. The molecule has 0 bridgehead atoms. The van der Waals surface area contributed by atoms with Crippen molar-refractivity contribution >= 4 is 46.4 Å². The lowest BCUT2D eigenvalue weighted by Crippen LogP contribution is -2.30. The molecule has 0 aromatic heterocycles. The van der Waals surface area contributed by atoms with Crippen molar-refractivity contribution in [1.29, 1.82) is 0 Å². The number of nitrogens with one attached hydrogen (secondary N) is 1. The first kappa shape index (κ1) is 16.0. The first-order chi connectivity index (χ1) is 9.99. The third kappa shape index (κ3) is 4.03. The van der Waals surface area contributed by atoms with Crippen LogP contribution in [-0.2, 0) is 4.79 Å². The molecule has 0 aliphatic carbocycles. The lowest BCUT2D eigenvalue weighted by molar-refractivity contribution is -0.122. The Balaban J connectivity index is 2.06. The standard InChI is InChI=1S/C15H12Cl3NO2/c1-9(21-13-8-3-2-5-10(13)16)15(20)19-12-7-4-6-11(17)14(12)18/h2-9H,1H3,(H,19,20)/t9-/m1/s1. The number of halogens is 3. The number of carbonyl (C=O) groups excluding carboxylic acids is 1. The molecule has 0 unspecified atom stereocenters. The fourth-order valence-electron chi connectivity index (χ4n) is 1.62. The molecule has 6 heteroatoms. The van der Waals surface area contributed by atoms with E-state index in [1.54, 1.807) is 49.4 Å². The van der Waals surface area contributed by atoms with Gasteiger partial charge in [-0.15, -0.1) is 0 Å². The highest BCUT2D eigenvalue weighted by Crippen LogP contribution is 2.30. The Morgan fingerprint density at radius 3 is 2.43 bits per heavy atom. The highest BCUT2D eigenvalue weighted by molar-refractivity contribution is 6.44. The average Bonchev–Trinajstić information content (AvgIpc) is 2.46. The molecule has 0 spiro atoms. The SMILES string of the molecule is C[C@@H](Oc1ccccc1Cl)C(=O)Nc1cccc(Cl)c1Cl. The molecule has 0 heterocycles. The molecule has 0 saturated carbocycles. The molecule has 1 N–H and O–H groups in total. The van der Waals surface area contributed by atoms with Gasteiger partial charge in [-0.2, -0.15) is 0 Å². The summed E-state index contributed by atoms with van der Waals surface area (Å²) in [5.74, 6) is 0.0955. The van der Waals surface area contributed by atoms with E-state index in [1.807, 2.05) is 0 Å². The molecule has 0 radical (unpaired) electrons. The van der Waals surface area contributed by atoms with Crippen molar-refractivity contribution in [1.82, 2.24) is 0 Å². The maximum absolute atomic E-state index is 12.1. The van der Waals surface area contributed by atoms with Crippen LogP contribution < -0.4 is 10.1 Å².